The van der Waals surface area contributed by atoms with E-state index in [1.807, 2.05) is 24.2 Å². The van der Waals surface area contributed by atoms with Gasteiger partial charge in [-0.25, -0.2) is 13.5 Å². The molecule has 0 saturated carbocycles. The fourth-order valence-electron chi connectivity index (χ4n) is 6.63. The number of halogens is 3. The van der Waals surface area contributed by atoms with Gasteiger partial charge in [0.25, 0.3) is 0 Å². The Morgan fingerprint density at radius 2 is 1.73 bits per heavy atom. The van der Waals surface area contributed by atoms with E-state index in [4.69, 9.17) is 0 Å². The van der Waals surface area contributed by atoms with E-state index in [1.165, 1.54) is 11.1 Å². The number of aromatic nitrogens is 3. The molecule has 3 aromatic heterocycles. The highest BCUT2D eigenvalue weighted by Gasteiger charge is 2.30. The van der Waals surface area contributed by atoms with E-state index < -0.39 is 23.6 Å². The minimum Gasteiger partial charge on any atom is -0.367 e. The zero-order valence-electron chi connectivity index (χ0n) is 28.9. The van der Waals surface area contributed by atoms with Gasteiger partial charge in [0, 0.05) is 94.0 Å². The number of rotatable bonds is 10. The Kier molecular flexibility index (Phi) is 12.2. The molecule has 0 amide bonds. The summed E-state index contributed by atoms with van der Waals surface area (Å²) in [6.45, 7) is 13.6. The van der Waals surface area contributed by atoms with E-state index in [9.17, 15) is 22.6 Å². The van der Waals surface area contributed by atoms with Crippen LogP contribution in [0.5, 0.6) is 0 Å². The minimum absolute atomic E-state index is 0.142. The molecule has 1 atom stereocenters. The second-order valence-electron chi connectivity index (χ2n) is 12.3. The van der Waals surface area contributed by atoms with Gasteiger partial charge in [-0.3, -0.25) is 9.80 Å². The Labute approximate surface area is 292 Å². The second kappa shape index (κ2) is 16.2. The highest BCUT2D eigenvalue weighted by atomic mass is 32.2. The molecular weight excluding hydrogens is 672 g/mol. The molecule has 2 aliphatic rings. The Morgan fingerprint density at radius 1 is 1.02 bits per heavy atom. The maximum atomic E-state index is 13.1. The zero-order valence-corrected chi connectivity index (χ0v) is 30.5. The van der Waals surface area contributed by atoms with Crippen LogP contribution in [0.25, 0.3) is 21.1 Å². The van der Waals surface area contributed by atoms with E-state index in [-0.39, 0.29) is 10.9 Å². The third kappa shape index (κ3) is 8.90. The summed E-state index contributed by atoms with van der Waals surface area (Å²) in [5.41, 5.74) is 4.16. The number of nitrogens with one attached hydrogen (secondary N) is 2. The lowest BCUT2D eigenvalue weighted by atomic mass is 10.0. The Balaban J connectivity index is 0.00000230. The molecule has 2 fully saturated rings. The standard InChI is InChI=1S/C32H40F3N9OS2.C2H6/c1-21-22(4-5-28-26(21)16-24(19-36)44(28)15-12-41-10-13-43(14-11-41)47(3)45)20-42-8-6-23(7-9-42)38-29-27-17-25(18-32(33,34)35)46-30(27)40-31(37-2)39-29;1-2/h4-5,16-17,23H,6-15,18,20H2,1-3H3,(H2,37,38,39,40);1-2H3. The Bertz CT molecular complexity index is 1800. The van der Waals surface area contributed by atoms with Gasteiger partial charge >= 0.3 is 6.18 Å². The molecule has 49 heavy (non-hydrogen) atoms. The predicted octanol–water partition coefficient (Wildman–Crippen LogP) is 5.99. The van der Waals surface area contributed by atoms with Crippen LogP contribution >= 0.6 is 11.3 Å². The van der Waals surface area contributed by atoms with Crippen LogP contribution in [-0.4, -0.2) is 104 Å². The van der Waals surface area contributed by atoms with E-state index in [1.54, 1.807) is 19.4 Å². The summed E-state index contributed by atoms with van der Waals surface area (Å²) >= 11 is 1.06. The smallest absolute Gasteiger partial charge is 0.367 e. The molecule has 2 aliphatic heterocycles. The molecule has 266 valence electrons. The number of hydrogen-bond donors (Lipinski definition) is 2. The van der Waals surface area contributed by atoms with Crippen molar-refractivity contribution in [1.29, 1.82) is 5.26 Å². The van der Waals surface area contributed by atoms with Crippen LogP contribution in [0.4, 0.5) is 24.9 Å². The number of fused-ring (bicyclic) bond motifs is 2. The number of aryl methyl sites for hydroxylation is 1. The Morgan fingerprint density at radius 3 is 2.37 bits per heavy atom. The van der Waals surface area contributed by atoms with Crippen molar-refractivity contribution in [2.45, 2.75) is 65.3 Å². The van der Waals surface area contributed by atoms with Crippen LogP contribution in [0, 0.1) is 18.3 Å². The predicted molar refractivity (Wildman–Crippen MR) is 193 cm³/mol. The number of alkyl halides is 3. The lowest BCUT2D eigenvalue weighted by molar-refractivity contribution is -0.126. The first-order valence-electron chi connectivity index (χ1n) is 16.9. The molecule has 0 bridgehead atoms. The zero-order chi connectivity index (χ0) is 35.3. The van der Waals surface area contributed by atoms with Crippen molar-refractivity contribution in [3.8, 4) is 6.07 Å². The van der Waals surface area contributed by atoms with Crippen molar-refractivity contribution < 1.29 is 17.4 Å². The molecule has 15 heteroatoms. The summed E-state index contributed by atoms with van der Waals surface area (Å²) in [4.78, 5) is 14.5. The quantitative estimate of drug-likeness (QED) is 0.206. The number of piperazine rings is 1. The average Bonchev–Trinajstić information content (AvgIpc) is 3.66. The maximum Gasteiger partial charge on any atom is 0.393 e. The number of benzene rings is 1. The third-order valence-electron chi connectivity index (χ3n) is 9.28. The summed E-state index contributed by atoms with van der Waals surface area (Å²) in [5, 5.41) is 18.1. The number of anilines is 2. The molecule has 2 N–H and O–H groups in total. The van der Waals surface area contributed by atoms with E-state index >= 15 is 0 Å². The largest absolute Gasteiger partial charge is 0.393 e. The molecule has 6 rings (SSSR count). The number of nitrogens with zero attached hydrogens (tertiary/aromatic N) is 7. The average molecular weight is 718 g/mol. The molecule has 1 aromatic carbocycles. The molecule has 1 unspecified atom stereocenters. The Hall–Kier alpha value is -3.29. The first-order chi connectivity index (χ1) is 23.5. The van der Waals surface area contributed by atoms with E-state index in [0.717, 1.165) is 94.0 Å². The molecule has 10 nitrogen and oxygen atoms in total. The van der Waals surface area contributed by atoms with Crippen molar-refractivity contribution >= 4 is 55.2 Å². The van der Waals surface area contributed by atoms with Crippen molar-refractivity contribution in [2.24, 2.45) is 0 Å². The highest BCUT2D eigenvalue weighted by molar-refractivity contribution is 7.81. The van der Waals surface area contributed by atoms with Crippen molar-refractivity contribution in [3.63, 3.8) is 0 Å². The molecular formula is C34H46F3N9OS2. The maximum absolute atomic E-state index is 13.1. The van der Waals surface area contributed by atoms with Crippen LogP contribution in [0.15, 0.2) is 24.3 Å². The summed E-state index contributed by atoms with van der Waals surface area (Å²) in [5.74, 6) is 0.951. The number of piperidine rings is 1. The SMILES string of the molecule is CC.CNc1nc(NC2CCN(Cc3ccc4c(cc(C#N)n4CCN4CCN(S(C)=O)CC4)c3C)CC2)c2cc(CC(F)(F)F)sc2n1. The summed E-state index contributed by atoms with van der Waals surface area (Å²) < 4.78 is 55.1. The summed E-state index contributed by atoms with van der Waals surface area (Å²) in [7, 11) is 0.765. The number of hydrogen-bond acceptors (Lipinski definition) is 9. The van der Waals surface area contributed by atoms with Crippen molar-refractivity contribution in [1.82, 2.24) is 28.6 Å². The van der Waals surface area contributed by atoms with Crippen LogP contribution in [0.3, 0.4) is 0 Å². The van der Waals surface area contributed by atoms with Crippen molar-refractivity contribution in [3.05, 3.63) is 46.0 Å². The molecule has 4 aromatic rings. The molecule has 5 heterocycles. The van der Waals surface area contributed by atoms with Crippen LogP contribution in [0.2, 0.25) is 0 Å². The first kappa shape index (κ1) is 37.0. The van der Waals surface area contributed by atoms with E-state index in [2.05, 4.69) is 60.1 Å². The molecule has 0 radical (unpaired) electrons. The number of nitriles is 1. The topological polar surface area (TPSA) is 105 Å². The minimum atomic E-state index is -4.28. The van der Waals surface area contributed by atoms with Gasteiger partial charge in [0.2, 0.25) is 5.95 Å². The number of thiophene rings is 1. The van der Waals surface area contributed by atoms with Gasteiger partial charge < -0.3 is 15.2 Å². The summed E-state index contributed by atoms with van der Waals surface area (Å²) in [6.07, 6.45) is -1.78. The first-order valence-corrected chi connectivity index (χ1v) is 19.2. The van der Waals surface area contributed by atoms with Gasteiger partial charge in [-0.2, -0.15) is 23.4 Å². The van der Waals surface area contributed by atoms with Gasteiger partial charge in [0.1, 0.15) is 22.4 Å². The lowest BCUT2D eigenvalue weighted by Crippen LogP contribution is -2.47. The van der Waals surface area contributed by atoms with Gasteiger partial charge in [0.05, 0.1) is 22.8 Å². The second-order valence-corrected chi connectivity index (χ2v) is 14.8. The third-order valence-corrected chi connectivity index (χ3v) is 11.4. The fourth-order valence-corrected chi connectivity index (χ4v) is 8.36. The van der Waals surface area contributed by atoms with Gasteiger partial charge in [-0.15, -0.1) is 11.3 Å². The van der Waals surface area contributed by atoms with Crippen LogP contribution in [0.1, 0.15) is 48.4 Å². The monoisotopic (exact) mass is 717 g/mol. The molecule has 2 saturated heterocycles. The lowest BCUT2D eigenvalue weighted by Gasteiger charge is -2.33. The van der Waals surface area contributed by atoms with Crippen LogP contribution in [-0.2, 0) is 30.5 Å². The van der Waals surface area contributed by atoms with Gasteiger partial charge in [-0.05, 0) is 49.1 Å². The molecule has 0 spiro atoms. The van der Waals surface area contributed by atoms with Crippen LogP contribution < -0.4 is 10.6 Å². The van der Waals surface area contributed by atoms with Gasteiger partial charge in [-0.1, -0.05) is 19.9 Å². The fraction of sp³-hybridized carbons (Fsp3) is 0.559. The van der Waals surface area contributed by atoms with Crippen molar-refractivity contribution in [2.75, 3.05) is 69.8 Å². The normalized spacial score (nSPS) is 17.5. The molecule has 0 aliphatic carbocycles. The van der Waals surface area contributed by atoms with E-state index in [0.29, 0.717) is 27.7 Å². The summed E-state index contributed by atoms with van der Waals surface area (Å²) in [6, 6.07) is 10.4. The number of likely N-dealkylation sites (tertiary alicyclic amines) is 1. The van der Waals surface area contributed by atoms with Gasteiger partial charge in [0.15, 0.2) is 0 Å². The highest BCUT2D eigenvalue weighted by Crippen LogP contribution is 2.35.